The Morgan fingerprint density at radius 2 is 2.40 bits per heavy atom. The van der Waals surface area contributed by atoms with Crippen LogP contribution in [-0.2, 0) is 9.53 Å². The first-order chi connectivity index (χ1) is 4.77. The Balaban J connectivity index is 3.10. The Bertz CT molecular complexity index is 118. The maximum Gasteiger partial charge on any atom is 0.328 e. The first-order valence-electron chi connectivity index (χ1n) is 3.24. The van der Waals surface area contributed by atoms with Gasteiger partial charge in [-0.1, -0.05) is 13.0 Å². The SMILES string of the molecule is CCCOC/C=C/C(=O)O. The third kappa shape index (κ3) is 7.17. The van der Waals surface area contributed by atoms with Crippen LogP contribution in [0.4, 0.5) is 0 Å². The minimum Gasteiger partial charge on any atom is -0.478 e. The highest BCUT2D eigenvalue weighted by Gasteiger charge is 1.83. The van der Waals surface area contributed by atoms with Gasteiger partial charge in [-0.25, -0.2) is 4.79 Å². The largest absolute Gasteiger partial charge is 0.478 e. The topological polar surface area (TPSA) is 46.5 Å². The molecular formula is C7H12O3. The molecule has 0 aliphatic carbocycles. The number of carbonyl (C=O) groups is 1. The standard InChI is InChI=1S/C7H12O3/c1-2-5-10-6-3-4-7(8)9/h3-4H,2,5-6H2,1H3,(H,8,9)/b4-3+. The summed E-state index contributed by atoms with van der Waals surface area (Å²) in [6.07, 6.45) is 3.52. The van der Waals surface area contributed by atoms with Gasteiger partial charge in [0.2, 0.25) is 0 Å². The second-order valence-electron chi connectivity index (χ2n) is 1.82. The molecule has 0 aliphatic heterocycles. The Morgan fingerprint density at radius 1 is 1.70 bits per heavy atom. The number of aliphatic carboxylic acids is 1. The molecule has 0 fully saturated rings. The van der Waals surface area contributed by atoms with Crippen molar-refractivity contribution in [1.29, 1.82) is 0 Å². The Morgan fingerprint density at radius 3 is 2.90 bits per heavy atom. The van der Waals surface area contributed by atoms with Crippen LogP contribution in [0.5, 0.6) is 0 Å². The lowest BCUT2D eigenvalue weighted by molar-refractivity contribution is -0.131. The third-order valence-electron chi connectivity index (χ3n) is 0.823. The van der Waals surface area contributed by atoms with Gasteiger partial charge in [0.15, 0.2) is 0 Å². The van der Waals surface area contributed by atoms with Gasteiger partial charge in [-0.15, -0.1) is 0 Å². The molecule has 0 aromatic heterocycles. The van der Waals surface area contributed by atoms with Gasteiger partial charge in [-0.2, -0.15) is 0 Å². The lowest BCUT2D eigenvalue weighted by atomic mass is 10.5. The van der Waals surface area contributed by atoms with Gasteiger partial charge in [0.25, 0.3) is 0 Å². The second-order valence-corrected chi connectivity index (χ2v) is 1.82. The maximum absolute atomic E-state index is 9.89. The molecule has 0 saturated carbocycles. The van der Waals surface area contributed by atoms with E-state index in [1.165, 1.54) is 6.08 Å². The Hall–Kier alpha value is -0.830. The average molecular weight is 144 g/mol. The second kappa shape index (κ2) is 6.29. The summed E-state index contributed by atoms with van der Waals surface area (Å²) in [5.74, 6) is -0.930. The van der Waals surface area contributed by atoms with Crippen LogP contribution in [0.3, 0.4) is 0 Å². The van der Waals surface area contributed by atoms with E-state index >= 15 is 0 Å². The normalized spacial score (nSPS) is 10.5. The molecule has 0 amide bonds. The fourth-order valence-corrected chi connectivity index (χ4v) is 0.445. The van der Waals surface area contributed by atoms with Crippen LogP contribution in [0.25, 0.3) is 0 Å². The van der Waals surface area contributed by atoms with Crippen molar-refractivity contribution in [2.45, 2.75) is 13.3 Å². The van der Waals surface area contributed by atoms with Crippen molar-refractivity contribution >= 4 is 5.97 Å². The van der Waals surface area contributed by atoms with Crippen LogP contribution < -0.4 is 0 Å². The molecule has 0 aromatic rings. The summed E-state index contributed by atoms with van der Waals surface area (Å²) >= 11 is 0. The van der Waals surface area contributed by atoms with Crippen LogP contribution in [0.15, 0.2) is 12.2 Å². The summed E-state index contributed by atoms with van der Waals surface area (Å²) in [7, 11) is 0. The Kier molecular flexibility index (Phi) is 5.77. The molecule has 0 atom stereocenters. The molecule has 0 bridgehead atoms. The summed E-state index contributed by atoms with van der Waals surface area (Å²) in [6, 6.07) is 0. The van der Waals surface area contributed by atoms with E-state index in [0.29, 0.717) is 13.2 Å². The van der Waals surface area contributed by atoms with Crippen LogP contribution in [-0.4, -0.2) is 24.3 Å². The lowest BCUT2D eigenvalue weighted by Gasteiger charge is -1.94. The van der Waals surface area contributed by atoms with Gasteiger partial charge in [0.05, 0.1) is 6.61 Å². The summed E-state index contributed by atoms with van der Waals surface area (Å²) in [6.45, 7) is 3.07. The van der Waals surface area contributed by atoms with E-state index in [2.05, 4.69) is 0 Å². The van der Waals surface area contributed by atoms with Gasteiger partial charge >= 0.3 is 5.97 Å². The summed E-state index contributed by atoms with van der Waals surface area (Å²) in [5.41, 5.74) is 0. The van der Waals surface area contributed by atoms with Crippen LogP contribution in [0.2, 0.25) is 0 Å². The van der Waals surface area contributed by atoms with E-state index in [-0.39, 0.29) is 0 Å². The average Bonchev–Trinajstić information content (AvgIpc) is 1.87. The zero-order chi connectivity index (χ0) is 7.82. The molecule has 0 saturated heterocycles. The summed E-state index contributed by atoms with van der Waals surface area (Å²) in [4.78, 5) is 9.89. The van der Waals surface area contributed by atoms with E-state index < -0.39 is 5.97 Å². The van der Waals surface area contributed by atoms with Crippen molar-refractivity contribution in [2.75, 3.05) is 13.2 Å². The quantitative estimate of drug-likeness (QED) is 0.463. The van der Waals surface area contributed by atoms with Crippen molar-refractivity contribution in [3.63, 3.8) is 0 Å². The van der Waals surface area contributed by atoms with Crippen molar-refractivity contribution < 1.29 is 14.6 Å². The molecule has 0 rings (SSSR count). The maximum atomic E-state index is 9.89. The molecule has 0 aromatic carbocycles. The third-order valence-corrected chi connectivity index (χ3v) is 0.823. The van der Waals surface area contributed by atoms with Crippen molar-refractivity contribution in [3.8, 4) is 0 Å². The van der Waals surface area contributed by atoms with E-state index in [0.717, 1.165) is 12.5 Å². The zero-order valence-electron chi connectivity index (χ0n) is 6.04. The predicted molar refractivity (Wildman–Crippen MR) is 37.9 cm³/mol. The van der Waals surface area contributed by atoms with Gasteiger partial charge in [-0.05, 0) is 6.42 Å². The first-order valence-corrected chi connectivity index (χ1v) is 3.24. The van der Waals surface area contributed by atoms with Crippen molar-refractivity contribution in [3.05, 3.63) is 12.2 Å². The van der Waals surface area contributed by atoms with E-state index in [9.17, 15) is 4.79 Å². The highest BCUT2D eigenvalue weighted by atomic mass is 16.5. The summed E-state index contributed by atoms with van der Waals surface area (Å²) in [5, 5.41) is 8.13. The monoisotopic (exact) mass is 144 g/mol. The molecule has 0 aliphatic rings. The van der Waals surface area contributed by atoms with Crippen LogP contribution in [0.1, 0.15) is 13.3 Å². The molecule has 0 unspecified atom stereocenters. The van der Waals surface area contributed by atoms with Gasteiger partial charge < -0.3 is 9.84 Å². The fourth-order valence-electron chi connectivity index (χ4n) is 0.445. The van der Waals surface area contributed by atoms with E-state index in [1.54, 1.807) is 0 Å². The van der Waals surface area contributed by atoms with Gasteiger partial charge in [0.1, 0.15) is 0 Å². The lowest BCUT2D eigenvalue weighted by Crippen LogP contribution is -1.93. The number of carboxylic acid groups (broad SMARTS) is 1. The summed E-state index contributed by atoms with van der Waals surface area (Å²) < 4.78 is 4.98. The first kappa shape index (κ1) is 9.17. The molecular weight excluding hydrogens is 132 g/mol. The number of carboxylic acids is 1. The van der Waals surface area contributed by atoms with Crippen molar-refractivity contribution in [1.82, 2.24) is 0 Å². The zero-order valence-corrected chi connectivity index (χ0v) is 6.04. The fraction of sp³-hybridized carbons (Fsp3) is 0.571. The van der Waals surface area contributed by atoms with E-state index in [1.807, 2.05) is 6.92 Å². The smallest absolute Gasteiger partial charge is 0.328 e. The molecule has 58 valence electrons. The molecule has 0 heterocycles. The highest BCUT2D eigenvalue weighted by molar-refractivity contribution is 5.79. The Labute approximate surface area is 60.3 Å². The molecule has 0 radical (unpaired) electrons. The number of hydrogen-bond acceptors (Lipinski definition) is 2. The minimum absolute atomic E-state index is 0.389. The van der Waals surface area contributed by atoms with Gasteiger partial charge in [0, 0.05) is 12.7 Å². The number of hydrogen-bond donors (Lipinski definition) is 1. The molecule has 0 spiro atoms. The minimum atomic E-state index is -0.930. The molecule has 3 nitrogen and oxygen atoms in total. The molecule has 10 heavy (non-hydrogen) atoms. The van der Waals surface area contributed by atoms with Gasteiger partial charge in [-0.3, -0.25) is 0 Å². The molecule has 1 N–H and O–H groups in total. The number of ether oxygens (including phenoxy) is 1. The van der Waals surface area contributed by atoms with Crippen molar-refractivity contribution in [2.24, 2.45) is 0 Å². The highest BCUT2D eigenvalue weighted by Crippen LogP contribution is 1.81. The van der Waals surface area contributed by atoms with E-state index in [4.69, 9.17) is 9.84 Å². The molecule has 3 heteroatoms. The number of rotatable bonds is 5. The predicted octanol–water partition coefficient (Wildman–Crippen LogP) is 1.05. The van der Waals surface area contributed by atoms with Crippen LogP contribution >= 0.6 is 0 Å². The van der Waals surface area contributed by atoms with Crippen LogP contribution in [0, 0.1) is 0 Å².